The number of hydrogen-bond donors (Lipinski definition) is 0. The van der Waals surface area contributed by atoms with E-state index in [1.807, 2.05) is 89.8 Å². The summed E-state index contributed by atoms with van der Waals surface area (Å²) in [5.41, 5.74) is 1.92. The third kappa shape index (κ3) is 5.02. The number of allylic oxidation sites excluding steroid dienone is 1. The number of carbonyl (C=O) groups is 2. The molecule has 0 aromatic heterocycles. The standard InChI is InChI=1S/C28H27NO4S/c1-19(30)9-18-25-27(34-24-7-5-4-6-8-24)28(31)29(25)26(20-10-14-22(32-2)15-11-20)21-12-16-23(33-3)17-13-21/h4-18,25-27H,1-3H3. The topological polar surface area (TPSA) is 55.8 Å². The summed E-state index contributed by atoms with van der Waals surface area (Å²) in [6.45, 7) is 1.52. The fourth-order valence-corrected chi connectivity index (χ4v) is 5.27. The minimum atomic E-state index is -0.321. The monoisotopic (exact) mass is 473 g/mol. The molecule has 0 spiro atoms. The van der Waals surface area contributed by atoms with Crippen molar-refractivity contribution in [2.45, 2.75) is 29.2 Å². The molecule has 3 aromatic carbocycles. The van der Waals surface area contributed by atoms with Gasteiger partial charge in [-0.25, -0.2) is 0 Å². The van der Waals surface area contributed by atoms with E-state index in [0.717, 1.165) is 27.5 Å². The number of thioether (sulfide) groups is 1. The normalized spacial score (nSPS) is 17.6. The van der Waals surface area contributed by atoms with Gasteiger partial charge in [-0.2, -0.15) is 0 Å². The molecule has 1 aliphatic rings. The lowest BCUT2D eigenvalue weighted by Gasteiger charge is -2.50. The Labute approximate surface area is 204 Å². The van der Waals surface area contributed by atoms with Crippen LogP contribution in [0.25, 0.3) is 0 Å². The fourth-order valence-electron chi connectivity index (χ4n) is 4.08. The number of carbonyl (C=O) groups excluding carboxylic acids is 2. The van der Waals surface area contributed by atoms with E-state index in [4.69, 9.17) is 9.47 Å². The molecule has 3 aromatic rings. The van der Waals surface area contributed by atoms with Crippen molar-refractivity contribution in [3.63, 3.8) is 0 Å². The summed E-state index contributed by atoms with van der Waals surface area (Å²) in [7, 11) is 3.26. The van der Waals surface area contributed by atoms with Crippen molar-refractivity contribution in [3.05, 3.63) is 102 Å². The van der Waals surface area contributed by atoms with E-state index in [9.17, 15) is 9.59 Å². The molecular formula is C28H27NO4S. The molecule has 34 heavy (non-hydrogen) atoms. The average Bonchev–Trinajstić information content (AvgIpc) is 2.88. The van der Waals surface area contributed by atoms with E-state index in [0.29, 0.717) is 0 Å². The number of ketones is 1. The maximum Gasteiger partial charge on any atom is 0.239 e. The third-order valence-electron chi connectivity index (χ3n) is 5.80. The number of hydrogen-bond acceptors (Lipinski definition) is 5. The van der Waals surface area contributed by atoms with Crippen LogP contribution in [0.4, 0.5) is 0 Å². The third-order valence-corrected chi connectivity index (χ3v) is 7.08. The number of methoxy groups -OCH3 is 2. The van der Waals surface area contributed by atoms with Crippen molar-refractivity contribution in [3.8, 4) is 11.5 Å². The molecule has 0 bridgehead atoms. The molecular weight excluding hydrogens is 446 g/mol. The van der Waals surface area contributed by atoms with Gasteiger partial charge in [0.15, 0.2) is 5.78 Å². The zero-order valence-corrected chi connectivity index (χ0v) is 20.2. The van der Waals surface area contributed by atoms with Crippen molar-refractivity contribution in [2.75, 3.05) is 14.2 Å². The summed E-state index contributed by atoms with van der Waals surface area (Å²) >= 11 is 1.53. The van der Waals surface area contributed by atoms with Crippen molar-refractivity contribution in [1.29, 1.82) is 0 Å². The van der Waals surface area contributed by atoms with Crippen LogP contribution in [0.15, 0.2) is 95.9 Å². The van der Waals surface area contributed by atoms with Crippen molar-refractivity contribution >= 4 is 23.5 Å². The summed E-state index contributed by atoms with van der Waals surface area (Å²) in [5, 5.41) is -0.308. The number of amides is 1. The Morgan fingerprint density at radius 3 is 1.88 bits per heavy atom. The second-order valence-corrected chi connectivity index (χ2v) is 9.22. The molecule has 1 fully saturated rings. The Balaban J connectivity index is 1.74. The van der Waals surface area contributed by atoms with E-state index >= 15 is 0 Å². The summed E-state index contributed by atoms with van der Waals surface area (Å²) < 4.78 is 10.7. The van der Waals surface area contributed by atoms with Crippen molar-refractivity contribution in [2.24, 2.45) is 0 Å². The summed E-state index contributed by atoms with van der Waals surface area (Å²) in [6.07, 6.45) is 3.41. The van der Waals surface area contributed by atoms with Crippen LogP contribution < -0.4 is 9.47 Å². The van der Waals surface area contributed by atoms with E-state index in [1.165, 1.54) is 18.7 Å². The van der Waals surface area contributed by atoms with Gasteiger partial charge in [-0.3, -0.25) is 9.59 Å². The summed E-state index contributed by atoms with van der Waals surface area (Å²) in [6, 6.07) is 24.8. The number of benzene rings is 3. The zero-order chi connectivity index (χ0) is 24.1. The predicted molar refractivity (Wildman–Crippen MR) is 134 cm³/mol. The van der Waals surface area contributed by atoms with Gasteiger partial charge < -0.3 is 14.4 Å². The van der Waals surface area contributed by atoms with E-state index in [2.05, 4.69) is 0 Å². The summed E-state index contributed by atoms with van der Waals surface area (Å²) in [5.74, 6) is 1.48. The van der Waals surface area contributed by atoms with Crippen molar-refractivity contribution in [1.82, 2.24) is 4.90 Å². The van der Waals surface area contributed by atoms with Gasteiger partial charge in [0.05, 0.1) is 26.3 Å². The highest BCUT2D eigenvalue weighted by atomic mass is 32.2. The van der Waals surface area contributed by atoms with E-state index in [1.54, 1.807) is 20.3 Å². The highest BCUT2D eigenvalue weighted by Crippen LogP contribution is 2.44. The largest absolute Gasteiger partial charge is 0.497 e. The van der Waals surface area contributed by atoms with Crippen LogP contribution in [0.2, 0.25) is 0 Å². The molecule has 1 heterocycles. The number of ether oxygens (including phenoxy) is 2. The molecule has 2 atom stereocenters. The van der Waals surface area contributed by atoms with Crippen LogP contribution in [-0.4, -0.2) is 42.1 Å². The van der Waals surface area contributed by atoms with Crippen LogP contribution in [0, 0.1) is 0 Å². The lowest BCUT2D eigenvalue weighted by atomic mass is 9.89. The first-order valence-corrected chi connectivity index (χ1v) is 11.9. The number of rotatable bonds is 9. The molecule has 174 valence electrons. The molecule has 0 aliphatic carbocycles. The number of nitrogens with zero attached hydrogens (tertiary/aromatic N) is 1. The SMILES string of the molecule is COc1ccc(C(c2ccc(OC)cc2)N2C(=O)C(Sc3ccccc3)C2C=CC(C)=O)cc1. The van der Waals surface area contributed by atoms with Gasteiger partial charge in [-0.05, 0) is 60.5 Å². The maximum absolute atomic E-state index is 13.6. The maximum atomic E-state index is 13.6. The smallest absolute Gasteiger partial charge is 0.239 e. The minimum Gasteiger partial charge on any atom is -0.497 e. The Kier molecular flexibility index (Phi) is 7.38. The molecule has 1 amide bonds. The molecule has 0 saturated carbocycles. The Morgan fingerprint density at radius 2 is 1.41 bits per heavy atom. The predicted octanol–water partition coefficient (Wildman–Crippen LogP) is 5.31. The van der Waals surface area contributed by atoms with Crippen LogP contribution in [-0.2, 0) is 9.59 Å². The zero-order valence-electron chi connectivity index (χ0n) is 19.4. The Morgan fingerprint density at radius 1 is 0.882 bits per heavy atom. The van der Waals surface area contributed by atoms with Crippen LogP contribution in [0.5, 0.6) is 11.5 Å². The van der Waals surface area contributed by atoms with Crippen molar-refractivity contribution < 1.29 is 19.1 Å². The molecule has 0 N–H and O–H groups in total. The minimum absolute atomic E-state index is 0.0312. The molecule has 0 radical (unpaired) electrons. The van der Waals surface area contributed by atoms with Gasteiger partial charge in [0.2, 0.25) is 5.91 Å². The first-order valence-electron chi connectivity index (χ1n) is 11.0. The Hall–Kier alpha value is -3.51. The van der Waals surface area contributed by atoms with Gasteiger partial charge in [-0.15, -0.1) is 11.8 Å². The Bertz CT molecular complexity index is 1110. The first kappa shape index (κ1) is 23.6. The van der Waals surface area contributed by atoms with Gasteiger partial charge in [0.25, 0.3) is 0 Å². The van der Waals surface area contributed by atoms with Crippen LogP contribution in [0.1, 0.15) is 24.1 Å². The van der Waals surface area contributed by atoms with Gasteiger partial charge in [0.1, 0.15) is 16.7 Å². The first-order chi connectivity index (χ1) is 16.5. The highest BCUT2D eigenvalue weighted by molar-refractivity contribution is 8.00. The lowest BCUT2D eigenvalue weighted by molar-refractivity contribution is -0.145. The molecule has 1 aliphatic heterocycles. The highest BCUT2D eigenvalue weighted by Gasteiger charge is 2.50. The second kappa shape index (κ2) is 10.6. The van der Waals surface area contributed by atoms with Crippen LogP contribution >= 0.6 is 11.8 Å². The van der Waals surface area contributed by atoms with Gasteiger partial charge in [-0.1, -0.05) is 48.5 Å². The fraction of sp³-hybridized carbons (Fsp3) is 0.214. The number of likely N-dealkylation sites (tertiary alicyclic amines) is 1. The second-order valence-electron chi connectivity index (χ2n) is 8.01. The molecule has 6 heteroatoms. The number of β-lactam (4-membered cyclic amide) rings is 1. The average molecular weight is 474 g/mol. The molecule has 5 nitrogen and oxygen atoms in total. The van der Waals surface area contributed by atoms with E-state index < -0.39 is 0 Å². The van der Waals surface area contributed by atoms with Gasteiger partial charge >= 0.3 is 0 Å². The lowest BCUT2D eigenvalue weighted by Crippen LogP contribution is -2.63. The quantitative estimate of drug-likeness (QED) is 0.311. The molecule has 2 unspecified atom stereocenters. The molecule has 1 saturated heterocycles. The van der Waals surface area contributed by atoms with E-state index in [-0.39, 0.29) is 29.0 Å². The molecule has 4 rings (SSSR count). The van der Waals surface area contributed by atoms with Gasteiger partial charge in [0, 0.05) is 4.90 Å². The van der Waals surface area contributed by atoms with Crippen LogP contribution in [0.3, 0.4) is 0 Å². The summed E-state index contributed by atoms with van der Waals surface area (Å²) in [4.78, 5) is 28.2.